The number of rotatable bonds is 8. The Labute approximate surface area is 164 Å². The summed E-state index contributed by atoms with van der Waals surface area (Å²) >= 11 is 0. The van der Waals surface area contributed by atoms with Gasteiger partial charge in [0.1, 0.15) is 5.82 Å². The molecule has 2 aromatic heterocycles. The van der Waals surface area contributed by atoms with E-state index in [1.54, 1.807) is 18.5 Å². The summed E-state index contributed by atoms with van der Waals surface area (Å²) in [4.78, 5) is 15.8. The van der Waals surface area contributed by atoms with E-state index in [0.717, 1.165) is 17.6 Å². The predicted octanol–water partition coefficient (Wildman–Crippen LogP) is 3.37. The standard InChI is InChI=1S/C20H27FN6O/c1-5-16(11-28)23-20-24-18(17-19(25-20)27(12-22-17)13(2)3)26(4)10-14-6-8-15(21)9-7-14/h6-9,12-13,16,28H,5,10-11H2,1-4H3,(H,23,24,25)/t16-/m1/s1. The molecule has 3 rings (SSSR count). The van der Waals surface area contributed by atoms with Gasteiger partial charge in [-0.05, 0) is 38.0 Å². The van der Waals surface area contributed by atoms with Gasteiger partial charge < -0.3 is 19.9 Å². The molecule has 0 spiro atoms. The Balaban J connectivity index is 2.01. The topological polar surface area (TPSA) is 79.1 Å². The van der Waals surface area contributed by atoms with Crippen molar-refractivity contribution in [2.24, 2.45) is 0 Å². The number of halogens is 1. The van der Waals surface area contributed by atoms with Crippen molar-refractivity contribution in [3.8, 4) is 0 Å². The van der Waals surface area contributed by atoms with Crippen LogP contribution in [0.2, 0.25) is 0 Å². The van der Waals surface area contributed by atoms with E-state index in [1.807, 2.05) is 23.4 Å². The van der Waals surface area contributed by atoms with Crippen LogP contribution in [0.5, 0.6) is 0 Å². The first-order chi connectivity index (χ1) is 13.4. The highest BCUT2D eigenvalue weighted by atomic mass is 19.1. The van der Waals surface area contributed by atoms with Gasteiger partial charge in [-0.25, -0.2) is 9.37 Å². The van der Waals surface area contributed by atoms with Crippen molar-refractivity contribution >= 4 is 22.9 Å². The van der Waals surface area contributed by atoms with Gasteiger partial charge in [-0.2, -0.15) is 9.97 Å². The molecule has 0 unspecified atom stereocenters. The molecule has 0 amide bonds. The number of aliphatic hydroxyl groups excluding tert-OH is 1. The molecule has 150 valence electrons. The van der Waals surface area contributed by atoms with E-state index in [-0.39, 0.29) is 24.5 Å². The Morgan fingerprint density at radius 2 is 1.93 bits per heavy atom. The van der Waals surface area contributed by atoms with Crippen molar-refractivity contribution in [1.29, 1.82) is 0 Å². The lowest BCUT2D eigenvalue weighted by Gasteiger charge is -2.21. The van der Waals surface area contributed by atoms with E-state index >= 15 is 0 Å². The van der Waals surface area contributed by atoms with Gasteiger partial charge in [0.15, 0.2) is 17.0 Å². The second-order valence-corrected chi connectivity index (χ2v) is 7.20. The van der Waals surface area contributed by atoms with E-state index in [1.165, 1.54) is 12.1 Å². The summed E-state index contributed by atoms with van der Waals surface area (Å²) < 4.78 is 15.2. The van der Waals surface area contributed by atoms with Crippen LogP contribution < -0.4 is 10.2 Å². The average Bonchev–Trinajstić information content (AvgIpc) is 3.11. The fourth-order valence-corrected chi connectivity index (χ4v) is 3.01. The molecule has 0 saturated heterocycles. The quantitative estimate of drug-likeness (QED) is 0.618. The van der Waals surface area contributed by atoms with Crippen LogP contribution in [0.4, 0.5) is 16.2 Å². The van der Waals surface area contributed by atoms with Gasteiger partial charge in [-0.1, -0.05) is 19.1 Å². The molecule has 2 heterocycles. The van der Waals surface area contributed by atoms with Crippen molar-refractivity contribution in [3.05, 3.63) is 42.0 Å². The van der Waals surface area contributed by atoms with Crippen LogP contribution in [0.3, 0.4) is 0 Å². The van der Waals surface area contributed by atoms with E-state index < -0.39 is 0 Å². The minimum Gasteiger partial charge on any atom is -0.394 e. The number of benzene rings is 1. The van der Waals surface area contributed by atoms with Gasteiger partial charge in [-0.15, -0.1) is 0 Å². The second-order valence-electron chi connectivity index (χ2n) is 7.20. The molecule has 0 aliphatic rings. The molecule has 0 saturated carbocycles. The first-order valence-electron chi connectivity index (χ1n) is 9.50. The molecule has 1 atom stereocenters. The molecule has 0 aliphatic carbocycles. The molecular weight excluding hydrogens is 359 g/mol. The van der Waals surface area contributed by atoms with Gasteiger partial charge >= 0.3 is 0 Å². The van der Waals surface area contributed by atoms with E-state index in [0.29, 0.717) is 23.8 Å². The number of imidazole rings is 1. The number of hydrogen-bond donors (Lipinski definition) is 2. The molecular formula is C20H27FN6O. The summed E-state index contributed by atoms with van der Waals surface area (Å²) in [6, 6.07) is 6.49. The predicted molar refractivity (Wildman–Crippen MR) is 109 cm³/mol. The zero-order valence-electron chi connectivity index (χ0n) is 16.7. The van der Waals surface area contributed by atoms with Crippen molar-refractivity contribution in [2.75, 3.05) is 23.9 Å². The van der Waals surface area contributed by atoms with Crippen LogP contribution in [-0.2, 0) is 6.54 Å². The third kappa shape index (κ3) is 4.22. The largest absolute Gasteiger partial charge is 0.394 e. The Hall–Kier alpha value is -2.74. The monoisotopic (exact) mass is 386 g/mol. The molecule has 7 nitrogen and oxygen atoms in total. The highest BCUT2D eigenvalue weighted by Gasteiger charge is 2.19. The van der Waals surface area contributed by atoms with Crippen LogP contribution in [0.15, 0.2) is 30.6 Å². The Morgan fingerprint density at radius 3 is 2.54 bits per heavy atom. The molecule has 1 aromatic carbocycles. The average molecular weight is 386 g/mol. The lowest BCUT2D eigenvalue weighted by Crippen LogP contribution is -2.25. The first kappa shape index (κ1) is 20.0. The number of aromatic nitrogens is 4. The number of anilines is 2. The lowest BCUT2D eigenvalue weighted by molar-refractivity contribution is 0.271. The van der Waals surface area contributed by atoms with Gasteiger partial charge in [0.25, 0.3) is 0 Å². The third-order valence-electron chi connectivity index (χ3n) is 4.70. The number of fused-ring (bicyclic) bond motifs is 1. The molecule has 3 aromatic rings. The van der Waals surface area contributed by atoms with E-state index in [2.05, 4.69) is 34.1 Å². The highest BCUT2D eigenvalue weighted by Crippen LogP contribution is 2.27. The second kappa shape index (κ2) is 8.52. The maximum Gasteiger partial charge on any atom is 0.227 e. The fraction of sp³-hybridized carbons (Fsp3) is 0.450. The van der Waals surface area contributed by atoms with Crippen LogP contribution in [0.1, 0.15) is 38.8 Å². The summed E-state index contributed by atoms with van der Waals surface area (Å²) in [6.45, 7) is 6.69. The fourth-order valence-electron chi connectivity index (χ4n) is 3.01. The summed E-state index contributed by atoms with van der Waals surface area (Å²) in [5.74, 6) is 0.883. The van der Waals surface area contributed by atoms with Gasteiger partial charge in [0.2, 0.25) is 5.95 Å². The number of nitrogens with zero attached hydrogens (tertiary/aromatic N) is 5. The zero-order valence-corrected chi connectivity index (χ0v) is 16.7. The van der Waals surface area contributed by atoms with Gasteiger partial charge in [0, 0.05) is 19.6 Å². The number of aliphatic hydroxyl groups is 1. The zero-order chi connectivity index (χ0) is 20.3. The van der Waals surface area contributed by atoms with Crippen LogP contribution in [0.25, 0.3) is 11.2 Å². The summed E-state index contributed by atoms with van der Waals surface area (Å²) in [6.07, 6.45) is 2.52. The van der Waals surface area contributed by atoms with Crippen molar-refractivity contribution < 1.29 is 9.50 Å². The van der Waals surface area contributed by atoms with Gasteiger partial charge in [0.05, 0.1) is 19.0 Å². The Morgan fingerprint density at radius 1 is 1.21 bits per heavy atom. The van der Waals surface area contributed by atoms with Gasteiger partial charge in [-0.3, -0.25) is 0 Å². The van der Waals surface area contributed by atoms with E-state index in [9.17, 15) is 9.50 Å². The lowest BCUT2D eigenvalue weighted by atomic mass is 10.2. The molecule has 28 heavy (non-hydrogen) atoms. The Bertz CT molecular complexity index is 920. The maximum atomic E-state index is 13.2. The molecule has 8 heteroatoms. The molecule has 0 radical (unpaired) electrons. The normalized spacial score (nSPS) is 12.5. The van der Waals surface area contributed by atoms with Crippen molar-refractivity contribution in [2.45, 2.75) is 45.8 Å². The van der Waals surface area contributed by atoms with Crippen LogP contribution >= 0.6 is 0 Å². The molecule has 0 bridgehead atoms. The van der Waals surface area contributed by atoms with E-state index in [4.69, 9.17) is 0 Å². The van der Waals surface area contributed by atoms with Crippen LogP contribution in [0, 0.1) is 5.82 Å². The number of hydrogen-bond acceptors (Lipinski definition) is 6. The number of nitrogens with one attached hydrogen (secondary N) is 1. The van der Waals surface area contributed by atoms with Crippen molar-refractivity contribution in [1.82, 2.24) is 19.5 Å². The SMILES string of the molecule is CC[C@H](CO)Nc1nc(N(C)Cc2ccc(F)cc2)c2ncn(C(C)C)c2n1. The first-order valence-corrected chi connectivity index (χ1v) is 9.50. The molecule has 0 fully saturated rings. The third-order valence-corrected chi connectivity index (χ3v) is 4.70. The van der Waals surface area contributed by atoms with Crippen molar-refractivity contribution in [3.63, 3.8) is 0 Å². The summed E-state index contributed by atoms with van der Waals surface area (Å²) in [5.41, 5.74) is 2.41. The maximum absolute atomic E-state index is 13.2. The highest BCUT2D eigenvalue weighted by molar-refractivity contribution is 5.85. The molecule has 0 aliphatic heterocycles. The minimum absolute atomic E-state index is 0.00208. The minimum atomic E-state index is -0.257. The molecule has 2 N–H and O–H groups in total. The van der Waals surface area contributed by atoms with Crippen LogP contribution in [-0.4, -0.2) is 44.3 Å². The summed E-state index contributed by atoms with van der Waals surface area (Å²) in [5, 5.41) is 12.7. The summed E-state index contributed by atoms with van der Waals surface area (Å²) in [7, 11) is 1.92. The smallest absolute Gasteiger partial charge is 0.227 e. The Kier molecular flexibility index (Phi) is 6.08.